The van der Waals surface area contributed by atoms with Crippen LogP contribution in [0.1, 0.15) is 203 Å². The monoisotopic (exact) mass is 1060 g/mol. The third-order valence-electron chi connectivity index (χ3n) is 16.0. The molecule has 4 rings (SSSR count). The lowest BCUT2D eigenvalue weighted by atomic mass is 9.77. The zero-order valence-electron chi connectivity index (χ0n) is 50.1. The molecular weight excluding hydrogens is 969 g/mol. The van der Waals surface area contributed by atoms with E-state index in [-0.39, 0.29) is 75.0 Å². The fourth-order valence-corrected chi connectivity index (χ4v) is 14.2. The summed E-state index contributed by atoms with van der Waals surface area (Å²) in [6.45, 7) is 52.2. The number of carbonyl (C=O) groups is 8. The Morgan fingerprint density at radius 3 is 0.658 bits per heavy atom. The van der Waals surface area contributed by atoms with Gasteiger partial charge in [-0.15, -0.1) is 0 Å². The van der Waals surface area contributed by atoms with E-state index in [1.807, 2.05) is 111 Å². The Balaban J connectivity index is 1.82. The van der Waals surface area contributed by atoms with Crippen LogP contribution in [0.25, 0.3) is 0 Å². The fourth-order valence-electron chi connectivity index (χ4n) is 14.2. The zero-order valence-corrected chi connectivity index (χ0v) is 50.1. The van der Waals surface area contributed by atoms with Crippen molar-refractivity contribution in [1.29, 1.82) is 0 Å². The summed E-state index contributed by atoms with van der Waals surface area (Å²) in [5.74, 6) is -7.79. The van der Waals surface area contributed by atoms with Gasteiger partial charge in [0, 0.05) is 118 Å². The Hall–Kier alpha value is -5.28. The van der Waals surface area contributed by atoms with Gasteiger partial charge in [0.25, 0.3) is 0 Å². The molecule has 16 heteroatoms. The van der Waals surface area contributed by atoms with E-state index in [4.69, 9.17) is 18.9 Å². The molecule has 0 N–H and O–H groups in total. The predicted molar refractivity (Wildman–Crippen MR) is 292 cm³/mol. The Morgan fingerprint density at radius 2 is 0.500 bits per heavy atom. The highest BCUT2D eigenvalue weighted by atomic mass is 16.6. The van der Waals surface area contributed by atoms with Crippen molar-refractivity contribution in [3.8, 4) is 0 Å². The average Bonchev–Trinajstić information content (AvgIpc) is 3.17. The van der Waals surface area contributed by atoms with Gasteiger partial charge in [0.1, 0.15) is 24.4 Å². The Bertz CT molecular complexity index is 2170. The minimum atomic E-state index is -1.64. The second kappa shape index (κ2) is 21.9. The van der Waals surface area contributed by atoms with E-state index < -0.39 is 117 Å². The summed E-state index contributed by atoms with van der Waals surface area (Å²) in [4.78, 5) is 121. The average molecular weight is 1060 g/mol. The first-order chi connectivity index (χ1) is 34.2. The van der Waals surface area contributed by atoms with Crippen molar-refractivity contribution in [2.75, 3.05) is 0 Å². The van der Waals surface area contributed by atoms with Crippen LogP contribution >= 0.6 is 0 Å². The van der Waals surface area contributed by atoms with Gasteiger partial charge >= 0.3 is 23.9 Å². The van der Waals surface area contributed by atoms with Crippen molar-refractivity contribution >= 4 is 47.5 Å². The summed E-state index contributed by atoms with van der Waals surface area (Å²) in [7, 11) is 0. The lowest BCUT2D eigenvalue weighted by molar-refractivity contribution is -0.185. The number of piperidine rings is 4. The highest BCUT2D eigenvalue weighted by molar-refractivity contribution is 5.95. The maximum absolute atomic E-state index is 15.3. The van der Waals surface area contributed by atoms with E-state index in [0.717, 1.165) is 0 Å². The van der Waals surface area contributed by atoms with E-state index in [2.05, 4.69) is 26.3 Å². The second-order valence-electron chi connectivity index (χ2n) is 27.8. The van der Waals surface area contributed by atoms with Crippen LogP contribution in [0.3, 0.4) is 0 Å². The first-order valence-corrected chi connectivity index (χ1v) is 27.0. The van der Waals surface area contributed by atoms with E-state index in [1.165, 1.54) is 0 Å². The third kappa shape index (κ3) is 13.9. The largest absolute Gasteiger partial charge is 0.462 e. The van der Waals surface area contributed by atoms with E-state index in [9.17, 15) is 28.8 Å². The van der Waals surface area contributed by atoms with Gasteiger partial charge in [0.2, 0.25) is 23.6 Å². The number of likely N-dealkylation sites (tertiary alicyclic amines) is 4. The standard InChI is InChI=1S/C60H94N4O12/c1-35(2)47(67)61-53(9,10)27-39(28-54(61,11)12)73-45(65)25-43(51(71)75-41-31-57(17,18)63(49(69)37(5)6)58(19,20)32-41)44(52(72)76-42-33-59(21,22)64(50(70)38(7)8)60(23,24)34-42)26-46(66)74-40-29-55(13,14)62(48(68)36(3)4)56(15,16)30-40/h39-44H,1,3,5,7,25-34H2,2,4,6,8-24H3. The summed E-state index contributed by atoms with van der Waals surface area (Å²) < 4.78 is 25.3. The maximum Gasteiger partial charge on any atom is 0.310 e. The van der Waals surface area contributed by atoms with Crippen molar-refractivity contribution in [2.24, 2.45) is 11.8 Å². The fraction of sp³-hybridized carbons (Fsp3) is 0.733. The van der Waals surface area contributed by atoms with Crippen LogP contribution in [0, 0.1) is 11.8 Å². The molecule has 2 unspecified atom stereocenters. The topological polar surface area (TPSA) is 186 Å². The van der Waals surface area contributed by atoms with Crippen LogP contribution in [0.5, 0.6) is 0 Å². The van der Waals surface area contributed by atoms with E-state index in [1.54, 1.807) is 47.3 Å². The molecular formula is C60H94N4O12. The first kappa shape index (κ1) is 63.3. The molecule has 16 nitrogen and oxygen atoms in total. The van der Waals surface area contributed by atoms with E-state index in [0.29, 0.717) is 22.3 Å². The van der Waals surface area contributed by atoms with Crippen LogP contribution in [0.2, 0.25) is 0 Å². The Morgan fingerprint density at radius 1 is 0.342 bits per heavy atom. The van der Waals surface area contributed by atoms with Gasteiger partial charge in [-0.05, 0) is 138 Å². The molecule has 4 fully saturated rings. The van der Waals surface area contributed by atoms with Gasteiger partial charge in [0.15, 0.2) is 0 Å². The highest BCUT2D eigenvalue weighted by Gasteiger charge is 2.55. The molecule has 0 aromatic carbocycles. The number of amides is 4. The number of esters is 4. The number of nitrogens with zero attached hydrogens (tertiary/aromatic N) is 4. The van der Waals surface area contributed by atoms with Crippen molar-refractivity contribution in [3.05, 3.63) is 48.6 Å². The molecule has 0 bridgehead atoms. The molecule has 4 saturated heterocycles. The van der Waals surface area contributed by atoms with Gasteiger partial charge < -0.3 is 38.5 Å². The molecule has 2 atom stereocenters. The Labute approximate surface area is 454 Å². The maximum atomic E-state index is 15.3. The predicted octanol–water partition coefficient (Wildman–Crippen LogP) is 9.67. The molecule has 0 aromatic rings. The smallest absolute Gasteiger partial charge is 0.310 e. The molecule has 4 aliphatic rings. The SMILES string of the molecule is C=C(C)C(=O)N1C(C)(C)CC(OC(=O)CC(C(=O)OC2CC(C)(C)N(C(=O)C(=C)C)C(C)(C)C2)C(CC(=O)OC2CC(C)(C)N(C(=O)C(=C)C)C(C)(C)C2)C(=O)OC2CC(C)(C)N(C(=O)C(=C)C)C(C)(C)C2)CC1(C)C. The number of carbonyl (C=O) groups excluding carboxylic acids is 8. The molecule has 0 aromatic heterocycles. The van der Waals surface area contributed by atoms with Crippen molar-refractivity contribution in [3.63, 3.8) is 0 Å². The molecule has 0 spiro atoms. The lowest BCUT2D eigenvalue weighted by Crippen LogP contribution is -2.64. The molecule has 426 valence electrons. The summed E-state index contributed by atoms with van der Waals surface area (Å²) >= 11 is 0. The first-order valence-electron chi connectivity index (χ1n) is 27.0. The van der Waals surface area contributed by atoms with Gasteiger partial charge in [-0.25, -0.2) is 0 Å². The van der Waals surface area contributed by atoms with Gasteiger partial charge in [0.05, 0.1) is 24.7 Å². The van der Waals surface area contributed by atoms with Gasteiger partial charge in [-0.1, -0.05) is 26.3 Å². The minimum absolute atomic E-state index is 0.199. The molecule has 4 heterocycles. The molecule has 4 aliphatic heterocycles. The van der Waals surface area contributed by atoms with Crippen molar-refractivity contribution < 1.29 is 57.3 Å². The number of hydrogen-bond donors (Lipinski definition) is 0. The van der Waals surface area contributed by atoms with Crippen molar-refractivity contribution in [1.82, 2.24) is 19.6 Å². The number of ether oxygens (including phenoxy) is 4. The van der Waals surface area contributed by atoms with Crippen LogP contribution in [-0.4, -0.2) is 136 Å². The number of rotatable bonds is 15. The quantitative estimate of drug-likeness (QED) is 0.0860. The van der Waals surface area contributed by atoms with Gasteiger partial charge in [-0.2, -0.15) is 0 Å². The summed E-state index contributed by atoms with van der Waals surface area (Å²) in [6, 6.07) is 0. The van der Waals surface area contributed by atoms with Crippen molar-refractivity contribution in [2.45, 2.75) is 271 Å². The van der Waals surface area contributed by atoms with Crippen LogP contribution in [-0.2, 0) is 57.3 Å². The third-order valence-corrected chi connectivity index (χ3v) is 16.0. The normalized spacial score (nSPS) is 23.5. The zero-order chi connectivity index (χ0) is 58.6. The molecule has 76 heavy (non-hydrogen) atoms. The van der Waals surface area contributed by atoms with Crippen LogP contribution < -0.4 is 0 Å². The minimum Gasteiger partial charge on any atom is -0.462 e. The molecule has 0 saturated carbocycles. The van der Waals surface area contributed by atoms with Crippen LogP contribution in [0.4, 0.5) is 0 Å². The highest BCUT2D eigenvalue weighted by Crippen LogP contribution is 2.46. The van der Waals surface area contributed by atoms with Gasteiger partial charge in [-0.3, -0.25) is 38.4 Å². The molecule has 4 amide bonds. The summed E-state index contributed by atoms with van der Waals surface area (Å²) in [5, 5.41) is 0. The molecule has 0 radical (unpaired) electrons. The Kier molecular flexibility index (Phi) is 18.2. The van der Waals surface area contributed by atoms with E-state index >= 15 is 9.59 Å². The molecule has 0 aliphatic carbocycles. The second-order valence-corrected chi connectivity index (χ2v) is 27.8. The van der Waals surface area contributed by atoms with Crippen LogP contribution in [0.15, 0.2) is 48.6 Å². The summed E-state index contributed by atoms with van der Waals surface area (Å²) in [6.07, 6.45) is -2.64. The summed E-state index contributed by atoms with van der Waals surface area (Å²) in [5.41, 5.74) is -5.11. The lowest BCUT2D eigenvalue weighted by Gasteiger charge is -2.55. The number of hydrogen-bond acceptors (Lipinski definition) is 12.